The van der Waals surface area contributed by atoms with Crippen LogP contribution in [-0.4, -0.2) is 35.3 Å². The molecule has 2 unspecified atom stereocenters. The lowest BCUT2D eigenvalue weighted by Gasteiger charge is -2.15. The number of H-pyrrole nitrogens is 1. The summed E-state index contributed by atoms with van der Waals surface area (Å²) in [7, 11) is 1.54. The maximum absolute atomic E-state index is 11.6. The smallest absolute Gasteiger partial charge is 0.330 e. The molecule has 1 fully saturated rings. The lowest BCUT2D eigenvalue weighted by molar-refractivity contribution is 0.00111. The molecule has 19 heavy (non-hydrogen) atoms. The molecule has 1 aromatic heterocycles. The molecule has 1 saturated heterocycles. The maximum atomic E-state index is 11.6. The summed E-state index contributed by atoms with van der Waals surface area (Å²) >= 11 is 0. The maximum Gasteiger partial charge on any atom is 0.330 e. The molecule has 2 amide bonds. The molecule has 3 N–H and O–H groups in total. The van der Waals surface area contributed by atoms with E-state index < -0.39 is 17.5 Å². The summed E-state index contributed by atoms with van der Waals surface area (Å²) in [5.41, 5.74) is -0.922. The number of amides is 2. The first-order valence-corrected chi connectivity index (χ1v) is 6.02. The fourth-order valence-corrected chi connectivity index (χ4v) is 1.99. The van der Waals surface area contributed by atoms with Gasteiger partial charge in [-0.25, -0.2) is 9.59 Å². The Morgan fingerprint density at radius 2 is 2.32 bits per heavy atom. The zero-order valence-electron chi connectivity index (χ0n) is 10.5. The lowest BCUT2D eigenvalue weighted by atomic mass is 10.2. The molecule has 104 valence electrons. The van der Waals surface area contributed by atoms with Gasteiger partial charge in [0.25, 0.3) is 5.56 Å². The van der Waals surface area contributed by atoms with Crippen molar-refractivity contribution in [2.24, 2.45) is 0 Å². The first kappa shape index (κ1) is 13.3. The first-order valence-electron chi connectivity index (χ1n) is 6.02. The number of urea groups is 1. The van der Waals surface area contributed by atoms with Crippen molar-refractivity contribution in [3.8, 4) is 0 Å². The Kier molecular flexibility index (Phi) is 4.00. The van der Waals surface area contributed by atoms with E-state index in [9.17, 15) is 14.4 Å². The van der Waals surface area contributed by atoms with E-state index in [1.165, 1.54) is 23.9 Å². The number of aromatic amines is 1. The number of ether oxygens (including phenoxy) is 1. The van der Waals surface area contributed by atoms with Crippen LogP contribution in [0.15, 0.2) is 21.9 Å². The van der Waals surface area contributed by atoms with Crippen molar-refractivity contribution >= 4 is 6.03 Å². The van der Waals surface area contributed by atoms with Gasteiger partial charge in [-0.3, -0.25) is 14.3 Å². The molecular formula is C11H16N4O4. The molecule has 8 heteroatoms. The van der Waals surface area contributed by atoms with E-state index in [1.54, 1.807) is 0 Å². The standard InChI is InChI=1S/C11H16N4O4/c1-12-10(17)13-6-7-2-3-9(19-7)15-5-4-8(16)14-11(15)18/h4-5,7,9H,2-3,6H2,1H3,(H2,12,13,17)(H,14,16,18). The minimum atomic E-state index is -0.489. The average Bonchev–Trinajstić information content (AvgIpc) is 2.84. The summed E-state index contributed by atoms with van der Waals surface area (Å²) in [6.07, 6.45) is 2.27. The third kappa shape index (κ3) is 3.22. The Hall–Kier alpha value is -2.09. The first-order chi connectivity index (χ1) is 9.10. The molecule has 1 aliphatic rings. The third-order valence-corrected chi connectivity index (χ3v) is 2.96. The minimum Gasteiger partial charge on any atom is -0.353 e. The van der Waals surface area contributed by atoms with Crippen LogP contribution in [0.5, 0.6) is 0 Å². The molecule has 2 rings (SSSR count). The predicted molar refractivity (Wildman–Crippen MR) is 66.9 cm³/mol. The summed E-state index contributed by atoms with van der Waals surface area (Å²) in [6.45, 7) is 0.383. The molecule has 1 aliphatic heterocycles. The second-order valence-electron chi connectivity index (χ2n) is 4.27. The highest BCUT2D eigenvalue weighted by atomic mass is 16.5. The number of rotatable bonds is 3. The Morgan fingerprint density at radius 1 is 1.53 bits per heavy atom. The van der Waals surface area contributed by atoms with Crippen molar-refractivity contribution in [3.63, 3.8) is 0 Å². The van der Waals surface area contributed by atoms with Gasteiger partial charge in [0, 0.05) is 25.9 Å². The summed E-state index contributed by atoms with van der Waals surface area (Å²) in [5.74, 6) is 0. The molecule has 0 radical (unpaired) electrons. The van der Waals surface area contributed by atoms with E-state index in [0.29, 0.717) is 13.0 Å². The normalized spacial score (nSPS) is 22.2. The van der Waals surface area contributed by atoms with Crippen LogP contribution in [0, 0.1) is 0 Å². The summed E-state index contributed by atoms with van der Waals surface area (Å²) < 4.78 is 7.01. The average molecular weight is 268 g/mol. The monoisotopic (exact) mass is 268 g/mol. The molecule has 1 aromatic rings. The van der Waals surface area contributed by atoms with Crippen LogP contribution in [0.3, 0.4) is 0 Å². The number of aromatic nitrogens is 2. The van der Waals surface area contributed by atoms with Crippen molar-refractivity contribution < 1.29 is 9.53 Å². The van der Waals surface area contributed by atoms with Gasteiger partial charge in [0.1, 0.15) is 6.23 Å². The van der Waals surface area contributed by atoms with Gasteiger partial charge in [0.15, 0.2) is 0 Å². The zero-order valence-corrected chi connectivity index (χ0v) is 10.5. The minimum absolute atomic E-state index is 0.138. The second-order valence-corrected chi connectivity index (χ2v) is 4.27. The number of carbonyl (C=O) groups is 1. The van der Waals surface area contributed by atoms with E-state index in [-0.39, 0.29) is 12.1 Å². The molecule has 2 heterocycles. The van der Waals surface area contributed by atoms with Crippen LogP contribution in [0.25, 0.3) is 0 Å². The number of hydrogen-bond acceptors (Lipinski definition) is 4. The van der Waals surface area contributed by atoms with Crippen LogP contribution in [0.1, 0.15) is 19.1 Å². The third-order valence-electron chi connectivity index (χ3n) is 2.96. The fourth-order valence-electron chi connectivity index (χ4n) is 1.99. The molecule has 0 aliphatic carbocycles. The Bertz CT molecular complexity index is 564. The molecule has 0 spiro atoms. The Balaban J connectivity index is 1.96. The fraction of sp³-hybridized carbons (Fsp3) is 0.545. The van der Waals surface area contributed by atoms with Crippen molar-refractivity contribution in [2.45, 2.75) is 25.2 Å². The summed E-state index contributed by atoms with van der Waals surface area (Å²) in [6, 6.07) is 1.01. The van der Waals surface area contributed by atoms with Gasteiger partial charge < -0.3 is 15.4 Å². The SMILES string of the molecule is CNC(=O)NCC1CCC(n2ccc(=O)[nH]c2=O)O1. The topological polar surface area (TPSA) is 105 Å². The van der Waals surface area contributed by atoms with Crippen LogP contribution in [0.2, 0.25) is 0 Å². The van der Waals surface area contributed by atoms with Crippen LogP contribution < -0.4 is 21.9 Å². The Labute approximate surface area is 108 Å². The molecule has 0 bridgehead atoms. The molecular weight excluding hydrogens is 252 g/mol. The second kappa shape index (κ2) is 5.70. The van der Waals surface area contributed by atoms with Crippen molar-refractivity contribution in [1.29, 1.82) is 0 Å². The highest BCUT2D eigenvalue weighted by Crippen LogP contribution is 2.26. The zero-order chi connectivity index (χ0) is 13.8. The van der Waals surface area contributed by atoms with Gasteiger partial charge in [-0.1, -0.05) is 0 Å². The van der Waals surface area contributed by atoms with Gasteiger partial charge in [0.05, 0.1) is 6.10 Å². The van der Waals surface area contributed by atoms with Crippen molar-refractivity contribution in [1.82, 2.24) is 20.2 Å². The largest absolute Gasteiger partial charge is 0.353 e. The van der Waals surface area contributed by atoms with E-state index in [0.717, 1.165) is 6.42 Å². The van der Waals surface area contributed by atoms with E-state index in [4.69, 9.17) is 4.74 Å². The van der Waals surface area contributed by atoms with Crippen LogP contribution in [0.4, 0.5) is 4.79 Å². The molecule has 0 saturated carbocycles. The number of nitrogens with one attached hydrogen (secondary N) is 3. The van der Waals surface area contributed by atoms with Crippen LogP contribution in [-0.2, 0) is 4.74 Å². The van der Waals surface area contributed by atoms with Gasteiger partial charge in [0.2, 0.25) is 0 Å². The van der Waals surface area contributed by atoms with Gasteiger partial charge in [-0.2, -0.15) is 0 Å². The summed E-state index contributed by atoms with van der Waals surface area (Å²) in [4.78, 5) is 35.8. The van der Waals surface area contributed by atoms with E-state index in [2.05, 4.69) is 15.6 Å². The van der Waals surface area contributed by atoms with E-state index in [1.807, 2.05) is 0 Å². The number of carbonyl (C=O) groups excluding carboxylic acids is 1. The number of hydrogen-bond donors (Lipinski definition) is 3. The van der Waals surface area contributed by atoms with Gasteiger partial charge >= 0.3 is 11.7 Å². The van der Waals surface area contributed by atoms with Crippen molar-refractivity contribution in [2.75, 3.05) is 13.6 Å². The summed E-state index contributed by atoms with van der Waals surface area (Å²) in [5, 5.41) is 5.10. The highest BCUT2D eigenvalue weighted by molar-refractivity contribution is 5.73. The van der Waals surface area contributed by atoms with Gasteiger partial charge in [-0.15, -0.1) is 0 Å². The lowest BCUT2D eigenvalue weighted by Crippen LogP contribution is -2.38. The quantitative estimate of drug-likeness (QED) is 0.663. The Morgan fingerprint density at radius 3 is 3.00 bits per heavy atom. The molecule has 8 nitrogen and oxygen atoms in total. The number of nitrogens with zero attached hydrogens (tertiary/aromatic N) is 1. The van der Waals surface area contributed by atoms with Crippen molar-refractivity contribution in [3.05, 3.63) is 33.1 Å². The van der Waals surface area contributed by atoms with E-state index >= 15 is 0 Å². The predicted octanol–water partition coefficient (Wildman–Crippen LogP) is -0.857. The molecule has 0 aromatic carbocycles. The van der Waals surface area contributed by atoms with Gasteiger partial charge in [-0.05, 0) is 12.8 Å². The molecule has 2 atom stereocenters. The van der Waals surface area contributed by atoms with Crippen LogP contribution >= 0.6 is 0 Å². The highest BCUT2D eigenvalue weighted by Gasteiger charge is 2.27.